The zero-order valence-electron chi connectivity index (χ0n) is 15.6. The van der Waals surface area contributed by atoms with Crippen LogP contribution in [-0.2, 0) is 21.4 Å². The van der Waals surface area contributed by atoms with Gasteiger partial charge in [0.05, 0.1) is 0 Å². The van der Waals surface area contributed by atoms with Crippen molar-refractivity contribution in [2.24, 2.45) is 12.8 Å². The molecule has 1 saturated heterocycles. The SMILES string of the molecule is Cn1nnnc1SCC1=C(C(=O)O)N2C(=O)C(NC(=O)C(N)c3ccsc3)C2SC1. The van der Waals surface area contributed by atoms with Crippen molar-refractivity contribution in [3.8, 4) is 0 Å². The van der Waals surface area contributed by atoms with Crippen molar-refractivity contribution >= 4 is 52.6 Å². The minimum Gasteiger partial charge on any atom is -0.477 e. The topological polar surface area (TPSA) is 156 Å². The third-order valence-corrected chi connectivity index (χ3v) is 7.83. The van der Waals surface area contributed by atoms with Gasteiger partial charge in [-0.15, -0.1) is 16.9 Å². The first-order valence-corrected chi connectivity index (χ1v) is 11.7. The molecule has 0 aliphatic carbocycles. The normalized spacial score (nSPS) is 21.8. The van der Waals surface area contributed by atoms with Crippen molar-refractivity contribution in [3.63, 3.8) is 0 Å². The lowest BCUT2D eigenvalue weighted by atomic mass is 10.0. The molecule has 2 aromatic heterocycles. The number of carboxylic acid groups (broad SMARTS) is 1. The van der Waals surface area contributed by atoms with E-state index in [-0.39, 0.29) is 5.70 Å². The largest absolute Gasteiger partial charge is 0.477 e. The second-order valence-corrected chi connectivity index (χ2v) is 9.39. The summed E-state index contributed by atoms with van der Waals surface area (Å²) in [5.41, 5.74) is 7.18. The maximum absolute atomic E-state index is 12.7. The van der Waals surface area contributed by atoms with Crippen LogP contribution < -0.4 is 11.1 Å². The van der Waals surface area contributed by atoms with E-state index in [9.17, 15) is 19.5 Å². The highest BCUT2D eigenvalue weighted by atomic mass is 32.2. The van der Waals surface area contributed by atoms with Crippen molar-refractivity contribution < 1.29 is 19.5 Å². The zero-order valence-corrected chi connectivity index (χ0v) is 18.0. The molecule has 158 valence electrons. The standard InChI is InChI=1S/C16H17N7O4S3/c1-22-16(19-20-21-22)30-6-8-5-29-14-10(13(25)23(14)11(8)15(26)27)18-12(24)9(17)7-2-3-28-4-7/h2-4,9-10,14H,5-6,17H2,1H3,(H,18,24)(H,26,27). The van der Waals surface area contributed by atoms with E-state index >= 15 is 0 Å². The average molecular weight is 468 g/mol. The summed E-state index contributed by atoms with van der Waals surface area (Å²) in [7, 11) is 1.69. The van der Waals surface area contributed by atoms with Gasteiger partial charge in [0.2, 0.25) is 11.1 Å². The van der Waals surface area contributed by atoms with Crippen LogP contribution in [0.25, 0.3) is 0 Å². The number of aliphatic carboxylic acids is 1. The lowest BCUT2D eigenvalue weighted by Crippen LogP contribution is -2.71. The lowest BCUT2D eigenvalue weighted by molar-refractivity contribution is -0.150. The predicted molar refractivity (Wildman–Crippen MR) is 110 cm³/mol. The Kier molecular flexibility index (Phi) is 5.81. The molecular formula is C16H17N7O4S3. The Balaban J connectivity index is 1.46. The quantitative estimate of drug-likeness (QED) is 0.368. The Bertz CT molecular complexity index is 1020. The Morgan fingerprint density at radius 1 is 1.50 bits per heavy atom. The van der Waals surface area contributed by atoms with E-state index in [1.165, 1.54) is 44.4 Å². The van der Waals surface area contributed by atoms with Crippen LogP contribution in [0.5, 0.6) is 0 Å². The maximum Gasteiger partial charge on any atom is 0.352 e. The summed E-state index contributed by atoms with van der Waals surface area (Å²) in [4.78, 5) is 38.3. The van der Waals surface area contributed by atoms with Crippen LogP contribution in [0.1, 0.15) is 11.6 Å². The minimum atomic E-state index is -1.18. The summed E-state index contributed by atoms with van der Waals surface area (Å²) in [5, 5.41) is 27.2. The Morgan fingerprint density at radius 2 is 2.30 bits per heavy atom. The van der Waals surface area contributed by atoms with E-state index in [0.717, 1.165) is 0 Å². The molecule has 4 N–H and O–H groups in total. The van der Waals surface area contributed by atoms with Gasteiger partial charge in [-0.2, -0.15) is 11.3 Å². The second-order valence-electron chi connectivity index (χ2n) is 6.56. The Labute approximate surface area is 183 Å². The summed E-state index contributed by atoms with van der Waals surface area (Å²) in [5.74, 6) is -1.36. The Hall–Kier alpha value is -2.42. The molecule has 0 bridgehead atoms. The van der Waals surface area contributed by atoms with Gasteiger partial charge in [-0.3, -0.25) is 14.5 Å². The molecule has 0 aromatic carbocycles. The minimum absolute atomic E-state index is 0.0426. The first kappa shape index (κ1) is 20.8. The number of amides is 2. The average Bonchev–Trinajstić information content (AvgIpc) is 3.40. The monoisotopic (exact) mass is 467 g/mol. The highest BCUT2D eigenvalue weighted by molar-refractivity contribution is 8.01. The second kappa shape index (κ2) is 8.37. The molecular weight excluding hydrogens is 450 g/mol. The fourth-order valence-corrected chi connectivity index (χ4v) is 6.17. The van der Waals surface area contributed by atoms with Crippen molar-refractivity contribution in [3.05, 3.63) is 33.7 Å². The summed E-state index contributed by atoms with van der Waals surface area (Å²) < 4.78 is 1.49. The van der Waals surface area contributed by atoms with E-state index in [1.54, 1.807) is 18.5 Å². The molecule has 0 radical (unpaired) electrons. The number of tetrazole rings is 1. The number of nitrogens with zero attached hydrogens (tertiary/aromatic N) is 5. The molecule has 3 unspecified atom stereocenters. The molecule has 14 heteroatoms. The summed E-state index contributed by atoms with van der Waals surface area (Å²) in [6, 6.07) is 0.0629. The molecule has 2 aliphatic rings. The number of aromatic nitrogens is 4. The van der Waals surface area contributed by atoms with Gasteiger partial charge in [0.15, 0.2) is 0 Å². The molecule has 3 atom stereocenters. The van der Waals surface area contributed by atoms with E-state index in [2.05, 4.69) is 20.8 Å². The Morgan fingerprint density at radius 3 is 2.93 bits per heavy atom. The third kappa shape index (κ3) is 3.71. The highest BCUT2D eigenvalue weighted by Gasteiger charge is 2.54. The molecule has 4 heterocycles. The van der Waals surface area contributed by atoms with Gasteiger partial charge in [0, 0.05) is 18.6 Å². The van der Waals surface area contributed by atoms with Crippen LogP contribution in [0.3, 0.4) is 0 Å². The number of nitrogens with one attached hydrogen (secondary N) is 1. The molecule has 1 fully saturated rings. The number of rotatable bonds is 7. The van der Waals surface area contributed by atoms with Crippen LogP contribution in [0.15, 0.2) is 33.3 Å². The van der Waals surface area contributed by atoms with E-state index < -0.39 is 35.2 Å². The van der Waals surface area contributed by atoms with Crippen molar-refractivity contribution in [2.75, 3.05) is 11.5 Å². The maximum atomic E-state index is 12.7. The number of fused-ring (bicyclic) bond motifs is 1. The summed E-state index contributed by atoms with van der Waals surface area (Å²) in [6.45, 7) is 0. The van der Waals surface area contributed by atoms with Gasteiger partial charge in [0.1, 0.15) is 23.2 Å². The lowest BCUT2D eigenvalue weighted by Gasteiger charge is -2.49. The van der Waals surface area contributed by atoms with Crippen molar-refractivity contribution in [1.29, 1.82) is 0 Å². The number of carbonyl (C=O) groups is 3. The molecule has 11 nitrogen and oxygen atoms in total. The van der Waals surface area contributed by atoms with E-state index in [1.807, 2.05) is 5.38 Å². The number of β-lactam (4-membered cyclic amide) rings is 1. The van der Waals surface area contributed by atoms with Gasteiger partial charge in [0.25, 0.3) is 5.91 Å². The first-order chi connectivity index (χ1) is 14.4. The van der Waals surface area contributed by atoms with Crippen LogP contribution in [0, 0.1) is 0 Å². The van der Waals surface area contributed by atoms with Gasteiger partial charge in [-0.05, 0) is 38.4 Å². The van der Waals surface area contributed by atoms with E-state index in [4.69, 9.17) is 5.73 Å². The molecule has 0 saturated carbocycles. The number of hydrogen-bond acceptors (Lipinski definition) is 10. The number of aryl methyl sites for hydroxylation is 1. The number of thiophene rings is 1. The van der Waals surface area contributed by atoms with Gasteiger partial charge in [-0.25, -0.2) is 9.48 Å². The van der Waals surface area contributed by atoms with Crippen molar-refractivity contribution in [1.82, 2.24) is 30.4 Å². The zero-order chi connectivity index (χ0) is 21.4. The smallest absolute Gasteiger partial charge is 0.352 e. The fraction of sp³-hybridized carbons (Fsp3) is 0.375. The number of hydrogen-bond donors (Lipinski definition) is 3. The summed E-state index contributed by atoms with van der Waals surface area (Å²) in [6.07, 6.45) is 0. The molecule has 30 heavy (non-hydrogen) atoms. The van der Waals surface area contributed by atoms with Crippen LogP contribution >= 0.6 is 34.9 Å². The molecule has 2 aliphatic heterocycles. The highest BCUT2D eigenvalue weighted by Crippen LogP contribution is 2.41. The van der Waals surface area contributed by atoms with E-state index in [0.29, 0.717) is 27.8 Å². The third-order valence-electron chi connectivity index (χ3n) is 4.69. The van der Waals surface area contributed by atoms with Crippen LogP contribution in [0.4, 0.5) is 0 Å². The van der Waals surface area contributed by atoms with Crippen LogP contribution in [0.2, 0.25) is 0 Å². The first-order valence-electron chi connectivity index (χ1n) is 8.71. The number of nitrogens with two attached hydrogens (primary N) is 1. The summed E-state index contributed by atoms with van der Waals surface area (Å²) >= 11 is 4.12. The van der Waals surface area contributed by atoms with Crippen LogP contribution in [-0.4, -0.2) is 70.9 Å². The molecule has 2 amide bonds. The van der Waals surface area contributed by atoms with Gasteiger partial charge in [-0.1, -0.05) is 11.8 Å². The number of thioether (sulfide) groups is 2. The number of carboxylic acids is 1. The van der Waals surface area contributed by atoms with Gasteiger partial charge < -0.3 is 16.2 Å². The van der Waals surface area contributed by atoms with Crippen molar-refractivity contribution in [2.45, 2.75) is 22.6 Å². The van der Waals surface area contributed by atoms with Gasteiger partial charge >= 0.3 is 5.97 Å². The number of carbonyl (C=O) groups excluding carboxylic acids is 2. The predicted octanol–water partition coefficient (Wildman–Crippen LogP) is -0.198. The fourth-order valence-electron chi connectivity index (χ4n) is 3.14. The molecule has 0 spiro atoms. The molecule has 4 rings (SSSR count). The molecule has 2 aromatic rings.